The number of hydrogen-bond acceptors (Lipinski definition) is 19. The summed E-state index contributed by atoms with van der Waals surface area (Å²) in [5.41, 5.74) is 33.8. The number of aliphatic hydroxyl groups excluding tert-OH is 1. The molecule has 10 amide bonds. The third-order valence-electron chi connectivity index (χ3n) is 12.8. The molecule has 27 nitrogen and oxygen atoms in total. The molecule has 0 aromatic rings. The lowest BCUT2D eigenvalue weighted by Gasteiger charge is -2.30. The number of unbranched alkanes of at least 4 members (excludes halogenated alkanes) is 2. The van der Waals surface area contributed by atoms with Crippen LogP contribution in [0.5, 0.6) is 0 Å². The minimum Gasteiger partial charge on any atom is -0.391 e. The fraction of sp³-hybridized carbons (Fsp3) is 0.780. The van der Waals surface area contributed by atoms with Crippen LogP contribution in [0.2, 0.25) is 0 Å². The Morgan fingerprint density at radius 3 is 1.10 bits per heavy atom. The van der Waals surface area contributed by atoms with Crippen molar-refractivity contribution in [3.8, 4) is 0 Å². The molecule has 0 aromatic heterocycles. The molecule has 0 aromatic carbocycles. The lowest BCUT2D eigenvalue weighted by atomic mass is 9.96. The van der Waals surface area contributed by atoms with E-state index in [1.54, 1.807) is 20.1 Å². The lowest BCUT2D eigenvalue weighted by molar-refractivity contribution is -0.137. The van der Waals surface area contributed by atoms with Gasteiger partial charge in [0.25, 0.3) is 0 Å². The summed E-state index contributed by atoms with van der Waals surface area (Å²) in [6.45, 7) is 4.96. The minimum atomic E-state index is -1.63. The number of guanidine groups is 1. The Hall–Kier alpha value is -4.79. The Labute approximate surface area is 494 Å². The highest BCUT2D eigenvalue weighted by Gasteiger charge is 2.37. The van der Waals surface area contributed by atoms with E-state index in [-0.39, 0.29) is 83.5 Å². The minimum absolute atomic E-state index is 0.0133. The van der Waals surface area contributed by atoms with Gasteiger partial charge in [0, 0.05) is 6.54 Å². The average Bonchev–Trinajstić information content (AvgIpc) is 3.43. The number of primary amides is 1. The topological polar surface area (TPSA) is 468 Å². The summed E-state index contributed by atoms with van der Waals surface area (Å²) in [7, 11) is 0. The number of hydrogen-bond donors (Lipinski definition) is 16. The maximum atomic E-state index is 14.5. The van der Waals surface area contributed by atoms with E-state index in [1.807, 2.05) is 18.8 Å². The van der Waals surface area contributed by atoms with Crippen molar-refractivity contribution in [3.05, 3.63) is 0 Å². The maximum Gasteiger partial charge on any atom is 0.245 e. The van der Waals surface area contributed by atoms with Crippen molar-refractivity contribution < 1.29 is 53.1 Å². The number of nitrogens with two attached hydrogens (primary N) is 6. The second-order valence-corrected chi connectivity index (χ2v) is 23.3. The van der Waals surface area contributed by atoms with E-state index in [0.717, 1.165) is 0 Å². The molecule has 11 atom stereocenters. The van der Waals surface area contributed by atoms with Crippen LogP contribution in [0.3, 0.4) is 0 Å². The van der Waals surface area contributed by atoms with Crippen molar-refractivity contribution in [2.24, 2.45) is 45.3 Å². The van der Waals surface area contributed by atoms with Gasteiger partial charge in [-0.05, 0) is 151 Å². The average molecular weight is 1230 g/mol. The van der Waals surface area contributed by atoms with Crippen molar-refractivity contribution in [1.82, 2.24) is 47.9 Å². The van der Waals surface area contributed by atoms with E-state index in [9.17, 15) is 53.1 Å². The zero-order valence-corrected chi connectivity index (χ0v) is 51.5. The molecule has 0 unspecified atom stereocenters. The summed E-state index contributed by atoms with van der Waals surface area (Å²) in [6, 6.07) is -11.2. The number of nitrogens with one attached hydrogen (secondary N) is 9. The van der Waals surface area contributed by atoms with Crippen LogP contribution >= 0.6 is 47.0 Å². The standard InChI is InChI=1S/C50H96N16O11S4/c1-8-29(2)39(48(76)63-33(15-10-12-22-52)47(75)66-40(30(3)67)49(77)64-37(20-27-81-7)44(72)59-31(41(54)69)17-24-78-4)65-46(74)34(16-13-23-57-50(55)56)61-42(70)32(14-9-11-21-51)60-45(73)36(19-26-80-6)62-43(71)35(18-25-79-5)58-38(68)28-53/h29-37,39-40,67H,8-28,51-53H2,1-7H3,(H2,54,69)(H,58,68)(H,59,72)(H,60,73)(H,61,70)(H,62,71)(H,63,76)(H,64,77)(H,65,74)(H,66,75)(H4,55,56,57)/t29-,30+,31-,32-,33-,34-,35-,36-,37-,39-,40-/m0/s1. The highest BCUT2D eigenvalue weighted by atomic mass is 32.2. The van der Waals surface area contributed by atoms with Gasteiger partial charge in [0.1, 0.15) is 54.4 Å². The Balaban J connectivity index is 6.98. The molecule has 0 aliphatic rings. The van der Waals surface area contributed by atoms with Crippen molar-refractivity contribution in [2.45, 2.75) is 165 Å². The van der Waals surface area contributed by atoms with Crippen molar-refractivity contribution in [2.75, 3.05) is 74.2 Å². The number of carbonyl (C=O) groups excluding carboxylic acids is 10. The number of aliphatic imine (C=N–C) groups is 1. The van der Waals surface area contributed by atoms with Crippen molar-refractivity contribution in [3.63, 3.8) is 0 Å². The van der Waals surface area contributed by atoms with Gasteiger partial charge in [0.2, 0.25) is 59.1 Å². The lowest BCUT2D eigenvalue weighted by Crippen LogP contribution is -2.62. The number of amides is 10. The van der Waals surface area contributed by atoms with E-state index in [1.165, 1.54) is 54.0 Å². The summed E-state index contributed by atoms with van der Waals surface area (Å²) >= 11 is 5.73. The number of rotatable bonds is 46. The van der Waals surface area contributed by atoms with Gasteiger partial charge in [-0.3, -0.25) is 52.9 Å². The van der Waals surface area contributed by atoms with Crippen LogP contribution in [0.15, 0.2) is 4.99 Å². The molecule has 0 bridgehead atoms. The van der Waals surface area contributed by atoms with Crippen LogP contribution in [0.4, 0.5) is 0 Å². The number of thioether (sulfide) groups is 4. The molecule has 0 saturated carbocycles. The largest absolute Gasteiger partial charge is 0.391 e. The monoisotopic (exact) mass is 1220 g/mol. The number of aliphatic hydroxyl groups is 1. The first kappa shape index (κ1) is 76.2. The zero-order chi connectivity index (χ0) is 61.5. The van der Waals surface area contributed by atoms with Crippen LogP contribution < -0.4 is 82.3 Å². The molecule has 22 N–H and O–H groups in total. The normalized spacial score (nSPS) is 15.2. The molecule has 81 heavy (non-hydrogen) atoms. The van der Waals surface area contributed by atoms with Crippen LogP contribution in [-0.4, -0.2) is 205 Å². The van der Waals surface area contributed by atoms with Gasteiger partial charge in [-0.1, -0.05) is 20.3 Å². The number of nitrogens with zero attached hydrogens (tertiary/aromatic N) is 1. The summed E-state index contributed by atoms with van der Waals surface area (Å²) in [5, 5.41) is 34.9. The van der Waals surface area contributed by atoms with Gasteiger partial charge in [0.05, 0.1) is 12.6 Å². The highest BCUT2D eigenvalue weighted by Crippen LogP contribution is 2.14. The first-order chi connectivity index (χ1) is 38.5. The third kappa shape index (κ3) is 32.0. The predicted molar refractivity (Wildman–Crippen MR) is 324 cm³/mol. The van der Waals surface area contributed by atoms with Crippen LogP contribution in [0.25, 0.3) is 0 Å². The van der Waals surface area contributed by atoms with E-state index in [4.69, 9.17) is 34.4 Å². The fourth-order valence-corrected chi connectivity index (χ4v) is 9.70. The van der Waals surface area contributed by atoms with Gasteiger partial charge >= 0.3 is 0 Å². The summed E-state index contributed by atoms with van der Waals surface area (Å²) in [5.74, 6) is -6.36. The molecular formula is C50H96N16O11S4. The Kier molecular flexibility index (Phi) is 42.1. The molecule has 0 aliphatic heterocycles. The fourth-order valence-electron chi connectivity index (χ4n) is 7.81. The van der Waals surface area contributed by atoms with Gasteiger partial charge in [-0.2, -0.15) is 47.0 Å². The second kappa shape index (κ2) is 44.7. The Bertz CT molecular complexity index is 1980. The van der Waals surface area contributed by atoms with E-state index in [0.29, 0.717) is 55.1 Å². The van der Waals surface area contributed by atoms with Crippen LogP contribution in [-0.2, 0) is 47.9 Å². The maximum absolute atomic E-state index is 14.5. The molecule has 0 aliphatic carbocycles. The van der Waals surface area contributed by atoms with Gasteiger partial charge in [-0.25, -0.2) is 0 Å². The molecular weight excluding hydrogens is 1130 g/mol. The molecule has 0 rings (SSSR count). The summed E-state index contributed by atoms with van der Waals surface area (Å²) in [6.07, 6.45) is 8.75. The smallest absolute Gasteiger partial charge is 0.245 e. The number of carbonyl (C=O) groups is 10. The van der Waals surface area contributed by atoms with E-state index >= 15 is 0 Å². The molecule has 466 valence electrons. The third-order valence-corrected chi connectivity index (χ3v) is 15.4. The van der Waals surface area contributed by atoms with E-state index in [2.05, 4.69) is 52.8 Å². The van der Waals surface area contributed by atoms with Gasteiger partial charge < -0.3 is 87.4 Å². The van der Waals surface area contributed by atoms with Crippen LogP contribution in [0, 0.1) is 5.92 Å². The predicted octanol–water partition coefficient (Wildman–Crippen LogP) is -3.46. The van der Waals surface area contributed by atoms with Crippen molar-refractivity contribution >= 4 is 112 Å². The first-order valence-corrected chi connectivity index (χ1v) is 32.9. The molecule has 0 radical (unpaired) electrons. The molecule has 0 spiro atoms. The van der Waals surface area contributed by atoms with E-state index < -0.39 is 125 Å². The first-order valence-electron chi connectivity index (χ1n) is 27.3. The summed E-state index contributed by atoms with van der Waals surface area (Å²) in [4.78, 5) is 141. The van der Waals surface area contributed by atoms with Crippen molar-refractivity contribution in [1.29, 1.82) is 0 Å². The highest BCUT2D eigenvalue weighted by molar-refractivity contribution is 7.99. The quantitative estimate of drug-likeness (QED) is 0.0160. The molecule has 31 heteroatoms. The van der Waals surface area contributed by atoms with Gasteiger partial charge in [-0.15, -0.1) is 0 Å². The van der Waals surface area contributed by atoms with Crippen LogP contribution in [0.1, 0.15) is 104 Å². The Morgan fingerprint density at radius 1 is 0.432 bits per heavy atom. The molecule has 0 heterocycles. The van der Waals surface area contributed by atoms with Gasteiger partial charge in [0.15, 0.2) is 5.96 Å². The second-order valence-electron chi connectivity index (χ2n) is 19.3. The molecule has 0 fully saturated rings. The zero-order valence-electron chi connectivity index (χ0n) is 48.3. The summed E-state index contributed by atoms with van der Waals surface area (Å²) < 4.78 is 0. The Morgan fingerprint density at radius 2 is 0.753 bits per heavy atom. The molecule has 0 saturated heterocycles. The SMILES string of the molecule is CC[C@H](C)[C@H](NC(=O)[C@H](CCCN=C(N)N)NC(=O)[C@H](CCCCN)NC(=O)[C@H](CCSC)NC(=O)[C@H](CCSC)NC(=O)CN)C(=O)N[C@@H](CCCCN)C(=O)N[C@H](C(=O)N[C@@H](CCSC)C(=O)N[C@@H](CCSC)C(N)=O)[C@@H](C)O.